The Bertz CT molecular complexity index is 1130. The van der Waals surface area contributed by atoms with Crippen LogP contribution in [0, 0.1) is 11.6 Å². The van der Waals surface area contributed by atoms with Crippen molar-refractivity contribution in [2.24, 2.45) is 0 Å². The molecule has 4 nitrogen and oxygen atoms in total. The quantitative estimate of drug-likeness (QED) is 0.567. The van der Waals surface area contributed by atoms with Gasteiger partial charge in [-0.25, -0.2) is 8.78 Å². The number of likely N-dealkylation sites (tertiary alicyclic amines) is 1. The second-order valence-electron chi connectivity index (χ2n) is 7.46. The first-order valence-electron chi connectivity index (χ1n) is 9.72. The van der Waals surface area contributed by atoms with Crippen LogP contribution < -0.4 is 0 Å². The van der Waals surface area contributed by atoms with Crippen molar-refractivity contribution < 1.29 is 18.4 Å². The Morgan fingerprint density at radius 2 is 1.83 bits per heavy atom. The van der Waals surface area contributed by atoms with Crippen LogP contribution in [0.2, 0.25) is 5.02 Å². The summed E-state index contributed by atoms with van der Waals surface area (Å²) in [7, 11) is 0. The number of aromatic nitrogens is 1. The number of carbonyl (C=O) groups is 2. The summed E-state index contributed by atoms with van der Waals surface area (Å²) in [6.07, 6.45) is 2.72. The largest absolute Gasteiger partial charge is 0.336 e. The molecule has 154 valence electrons. The summed E-state index contributed by atoms with van der Waals surface area (Å²) in [5.41, 5.74) is 1.88. The van der Waals surface area contributed by atoms with Crippen molar-refractivity contribution >= 4 is 34.2 Å². The van der Waals surface area contributed by atoms with Gasteiger partial charge in [-0.2, -0.15) is 0 Å². The number of nitrogens with zero attached hydrogens (tertiary/aromatic N) is 2. The van der Waals surface area contributed by atoms with Crippen LogP contribution in [0.3, 0.4) is 0 Å². The van der Waals surface area contributed by atoms with E-state index in [-0.39, 0.29) is 28.7 Å². The van der Waals surface area contributed by atoms with Gasteiger partial charge in [-0.05, 0) is 66.3 Å². The maximum Gasteiger partial charge on any atom is 0.290 e. The number of benzene rings is 2. The van der Waals surface area contributed by atoms with E-state index in [2.05, 4.69) is 4.98 Å². The van der Waals surface area contributed by atoms with Crippen LogP contribution in [0.5, 0.6) is 0 Å². The Hall–Kier alpha value is -2.86. The highest BCUT2D eigenvalue weighted by Crippen LogP contribution is 2.32. The Morgan fingerprint density at radius 3 is 2.57 bits per heavy atom. The molecule has 0 radical (unpaired) electrons. The molecule has 0 spiro atoms. The highest BCUT2D eigenvalue weighted by molar-refractivity contribution is 6.36. The number of amides is 1. The Morgan fingerprint density at radius 1 is 1.07 bits per heavy atom. The first-order chi connectivity index (χ1) is 14.4. The van der Waals surface area contributed by atoms with Gasteiger partial charge in [0.1, 0.15) is 11.6 Å². The SMILES string of the molecule is O=C(Cc1ccc(Cl)cc1F)C(=O)N1CCC(c2ccnc3ccc(F)cc23)CC1. The molecule has 30 heavy (non-hydrogen) atoms. The van der Waals surface area contributed by atoms with Gasteiger partial charge in [-0.3, -0.25) is 14.6 Å². The summed E-state index contributed by atoms with van der Waals surface area (Å²) in [5, 5.41) is 1.01. The van der Waals surface area contributed by atoms with E-state index in [1.54, 1.807) is 12.3 Å². The van der Waals surface area contributed by atoms with Gasteiger partial charge >= 0.3 is 0 Å². The molecule has 0 atom stereocenters. The highest BCUT2D eigenvalue weighted by Gasteiger charge is 2.28. The van der Waals surface area contributed by atoms with Crippen LogP contribution in [0.1, 0.15) is 29.9 Å². The summed E-state index contributed by atoms with van der Waals surface area (Å²) in [4.78, 5) is 30.7. The van der Waals surface area contributed by atoms with Gasteiger partial charge in [0.25, 0.3) is 5.91 Å². The lowest BCUT2D eigenvalue weighted by molar-refractivity contribution is -0.145. The van der Waals surface area contributed by atoms with Crippen LogP contribution in [0.25, 0.3) is 10.9 Å². The summed E-state index contributed by atoms with van der Waals surface area (Å²) < 4.78 is 27.6. The van der Waals surface area contributed by atoms with Gasteiger partial charge in [-0.1, -0.05) is 17.7 Å². The van der Waals surface area contributed by atoms with Crippen molar-refractivity contribution in [3.8, 4) is 0 Å². The molecule has 2 heterocycles. The molecule has 1 aromatic heterocycles. The first-order valence-corrected chi connectivity index (χ1v) is 10.1. The number of carbonyl (C=O) groups excluding carboxylic acids is 2. The molecular formula is C23H19ClF2N2O2. The minimum absolute atomic E-state index is 0.144. The van der Waals surface area contributed by atoms with Crippen molar-refractivity contribution in [2.45, 2.75) is 25.2 Å². The highest BCUT2D eigenvalue weighted by atomic mass is 35.5. The number of Topliss-reactive ketones (excluding diaryl/α,β-unsaturated/α-hetero) is 1. The average molecular weight is 429 g/mol. The van der Waals surface area contributed by atoms with E-state index in [1.165, 1.54) is 29.2 Å². The molecule has 0 bridgehead atoms. The third-order valence-corrected chi connectivity index (χ3v) is 5.80. The maximum atomic E-state index is 13.9. The third kappa shape index (κ3) is 4.19. The van der Waals surface area contributed by atoms with Gasteiger partial charge in [0, 0.05) is 36.1 Å². The van der Waals surface area contributed by atoms with Gasteiger partial charge in [0.15, 0.2) is 0 Å². The number of piperidine rings is 1. The van der Waals surface area contributed by atoms with E-state index in [1.807, 2.05) is 6.07 Å². The van der Waals surface area contributed by atoms with E-state index in [4.69, 9.17) is 11.6 Å². The second-order valence-corrected chi connectivity index (χ2v) is 7.90. The standard InChI is InChI=1S/C23H19ClF2N2O2/c24-16-2-1-15(20(26)12-16)11-22(29)23(30)28-9-6-14(7-10-28)18-5-8-27-21-4-3-17(25)13-19(18)21/h1-5,8,12-14H,6-7,9-11H2. The second kappa shape index (κ2) is 8.48. The zero-order valence-corrected chi connectivity index (χ0v) is 16.8. The molecule has 0 unspecified atom stereocenters. The topological polar surface area (TPSA) is 50.3 Å². The third-order valence-electron chi connectivity index (χ3n) is 5.56. The molecule has 1 amide bonds. The summed E-state index contributed by atoms with van der Waals surface area (Å²) >= 11 is 5.72. The van der Waals surface area contributed by atoms with Gasteiger partial charge in [0.2, 0.25) is 5.78 Å². The molecule has 0 N–H and O–H groups in total. The van der Waals surface area contributed by atoms with Crippen molar-refractivity contribution in [2.75, 3.05) is 13.1 Å². The van der Waals surface area contributed by atoms with Crippen LogP contribution in [-0.4, -0.2) is 34.7 Å². The fourth-order valence-electron chi connectivity index (χ4n) is 3.98. The summed E-state index contributed by atoms with van der Waals surface area (Å²) in [5.74, 6) is -2.02. The number of pyridine rings is 1. The number of halogens is 3. The molecule has 0 aliphatic carbocycles. The number of fused-ring (bicyclic) bond motifs is 1. The lowest BCUT2D eigenvalue weighted by Crippen LogP contribution is -2.42. The van der Waals surface area contributed by atoms with Crippen LogP contribution in [0.4, 0.5) is 8.78 Å². The summed E-state index contributed by atoms with van der Waals surface area (Å²) in [6.45, 7) is 0.828. The fourth-order valence-corrected chi connectivity index (χ4v) is 4.14. The normalized spacial score (nSPS) is 14.8. The maximum absolute atomic E-state index is 13.9. The number of hydrogen-bond acceptors (Lipinski definition) is 3. The van der Waals surface area contributed by atoms with E-state index >= 15 is 0 Å². The summed E-state index contributed by atoms with van der Waals surface area (Å²) in [6, 6.07) is 10.4. The lowest BCUT2D eigenvalue weighted by Gasteiger charge is -2.32. The van der Waals surface area contributed by atoms with Crippen LogP contribution in [-0.2, 0) is 16.0 Å². The van der Waals surface area contributed by atoms with E-state index in [0.717, 1.165) is 22.5 Å². The van der Waals surface area contributed by atoms with Crippen molar-refractivity contribution in [3.63, 3.8) is 0 Å². The molecule has 4 rings (SSSR count). The fraction of sp³-hybridized carbons (Fsp3) is 0.261. The van der Waals surface area contributed by atoms with Crippen LogP contribution in [0.15, 0.2) is 48.7 Å². The molecule has 2 aromatic carbocycles. The molecule has 1 aliphatic rings. The minimum Gasteiger partial charge on any atom is -0.336 e. The molecule has 1 fully saturated rings. The molecule has 1 aliphatic heterocycles. The molecule has 3 aromatic rings. The predicted octanol–water partition coefficient (Wildman–Crippen LogP) is 4.68. The van der Waals surface area contributed by atoms with E-state index in [0.29, 0.717) is 25.9 Å². The van der Waals surface area contributed by atoms with Gasteiger partial charge in [-0.15, -0.1) is 0 Å². The van der Waals surface area contributed by atoms with Crippen molar-refractivity contribution in [3.05, 3.63) is 76.4 Å². The number of hydrogen-bond donors (Lipinski definition) is 0. The Balaban J connectivity index is 1.42. The lowest BCUT2D eigenvalue weighted by atomic mass is 9.87. The Labute approximate surface area is 177 Å². The molecular weight excluding hydrogens is 410 g/mol. The average Bonchev–Trinajstić information content (AvgIpc) is 2.75. The van der Waals surface area contributed by atoms with Gasteiger partial charge < -0.3 is 4.90 Å². The molecule has 1 saturated heterocycles. The zero-order chi connectivity index (χ0) is 21.3. The van der Waals surface area contributed by atoms with Gasteiger partial charge in [0.05, 0.1) is 5.52 Å². The van der Waals surface area contributed by atoms with E-state index in [9.17, 15) is 18.4 Å². The van der Waals surface area contributed by atoms with Crippen molar-refractivity contribution in [1.29, 1.82) is 0 Å². The number of rotatable bonds is 4. The predicted molar refractivity (Wildman–Crippen MR) is 110 cm³/mol. The first kappa shape index (κ1) is 20.4. The molecule has 7 heteroatoms. The van der Waals surface area contributed by atoms with E-state index < -0.39 is 17.5 Å². The zero-order valence-electron chi connectivity index (χ0n) is 16.1. The number of ketones is 1. The van der Waals surface area contributed by atoms with Crippen LogP contribution >= 0.6 is 11.6 Å². The minimum atomic E-state index is -0.647. The monoisotopic (exact) mass is 428 g/mol. The molecule has 0 saturated carbocycles. The Kier molecular flexibility index (Phi) is 5.77. The smallest absolute Gasteiger partial charge is 0.290 e. The van der Waals surface area contributed by atoms with Crippen molar-refractivity contribution in [1.82, 2.24) is 9.88 Å².